The molecule has 0 saturated heterocycles. The zero-order chi connectivity index (χ0) is 17.3. The molecule has 0 spiro atoms. The molecular formula is C23H19BrO. The molecule has 25 heavy (non-hydrogen) atoms. The highest BCUT2D eigenvalue weighted by molar-refractivity contribution is 9.10. The summed E-state index contributed by atoms with van der Waals surface area (Å²) < 4.78 is 7.35. The molecule has 124 valence electrons. The summed E-state index contributed by atoms with van der Waals surface area (Å²) in [6, 6.07) is 15.2. The van der Waals surface area contributed by atoms with Crippen molar-refractivity contribution >= 4 is 32.3 Å². The van der Waals surface area contributed by atoms with Crippen molar-refractivity contribution < 1.29 is 4.74 Å². The van der Waals surface area contributed by atoms with Gasteiger partial charge in [0.1, 0.15) is 12.4 Å². The Bertz CT molecular complexity index is 1090. The second-order valence-corrected chi connectivity index (χ2v) is 8.34. The lowest BCUT2D eigenvalue weighted by Gasteiger charge is -2.29. The molecule has 1 aliphatic heterocycles. The van der Waals surface area contributed by atoms with Gasteiger partial charge in [0.25, 0.3) is 0 Å². The summed E-state index contributed by atoms with van der Waals surface area (Å²) in [5.41, 5.74) is 8.02. The summed E-state index contributed by atoms with van der Waals surface area (Å²) in [5, 5.41) is 2.50. The summed E-state index contributed by atoms with van der Waals surface area (Å²) in [6.45, 7) is 7.53. The Hall–Kier alpha value is -2.06. The normalized spacial score (nSPS) is 16.7. The van der Waals surface area contributed by atoms with Crippen LogP contribution in [-0.4, -0.2) is 6.61 Å². The van der Waals surface area contributed by atoms with E-state index in [0.29, 0.717) is 6.61 Å². The van der Waals surface area contributed by atoms with Crippen LogP contribution in [0.4, 0.5) is 0 Å². The molecule has 5 rings (SSSR count). The predicted octanol–water partition coefficient (Wildman–Crippen LogP) is 6.70. The molecule has 0 bridgehead atoms. The summed E-state index contributed by atoms with van der Waals surface area (Å²) in [6.07, 6.45) is 2.20. The Morgan fingerprint density at radius 1 is 0.920 bits per heavy atom. The Kier molecular flexibility index (Phi) is 3.03. The van der Waals surface area contributed by atoms with Crippen molar-refractivity contribution in [1.82, 2.24) is 0 Å². The van der Waals surface area contributed by atoms with E-state index in [0.717, 1.165) is 5.75 Å². The minimum absolute atomic E-state index is 0.0747. The number of benzene rings is 3. The highest BCUT2D eigenvalue weighted by Gasteiger charge is 2.42. The molecule has 0 unspecified atom stereocenters. The fourth-order valence-corrected chi connectivity index (χ4v) is 5.54. The minimum Gasteiger partial charge on any atom is -0.488 e. The zero-order valence-electron chi connectivity index (χ0n) is 14.6. The third-order valence-electron chi connectivity index (χ3n) is 5.71. The van der Waals surface area contributed by atoms with Crippen molar-refractivity contribution in [2.45, 2.75) is 26.2 Å². The predicted molar refractivity (Wildman–Crippen MR) is 108 cm³/mol. The number of hydrogen-bond donors (Lipinski definition) is 0. The van der Waals surface area contributed by atoms with Crippen LogP contribution < -0.4 is 4.74 Å². The first-order valence-electron chi connectivity index (χ1n) is 8.70. The zero-order valence-corrected chi connectivity index (χ0v) is 16.2. The second-order valence-electron chi connectivity index (χ2n) is 7.49. The van der Waals surface area contributed by atoms with Crippen LogP contribution in [0.3, 0.4) is 0 Å². The first-order valence-corrected chi connectivity index (χ1v) is 9.49. The van der Waals surface area contributed by atoms with Crippen LogP contribution in [0.1, 0.15) is 37.5 Å². The van der Waals surface area contributed by atoms with Crippen LogP contribution >= 0.6 is 15.9 Å². The van der Waals surface area contributed by atoms with Crippen molar-refractivity contribution in [2.24, 2.45) is 0 Å². The number of hydrogen-bond acceptors (Lipinski definition) is 1. The molecule has 1 aliphatic carbocycles. The molecule has 3 aromatic carbocycles. The van der Waals surface area contributed by atoms with E-state index in [1.807, 2.05) is 0 Å². The Morgan fingerprint density at radius 2 is 1.68 bits per heavy atom. The van der Waals surface area contributed by atoms with E-state index in [1.165, 1.54) is 48.6 Å². The van der Waals surface area contributed by atoms with E-state index in [4.69, 9.17) is 4.74 Å². The highest BCUT2D eigenvalue weighted by atomic mass is 79.9. The average Bonchev–Trinajstić information content (AvgIpc) is 2.84. The second kappa shape index (κ2) is 4.98. The van der Waals surface area contributed by atoms with E-state index in [2.05, 4.69) is 85.2 Å². The van der Waals surface area contributed by atoms with Crippen LogP contribution in [0, 0.1) is 0 Å². The van der Waals surface area contributed by atoms with Crippen molar-refractivity contribution in [3.63, 3.8) is 0 Å². The van der Waals surface area contributed by atoms with E-state index >= 15 is 0 Å². The molecule has 2 heteroatoms. The number of ether oxygens (including phenoxy) is 1. The van der Waals surface area contributed by atoms with E-state index in [1.54, 1.807) is 0 Å². The molecule has 0 aromatic heterocycles. The Balaban J connectivity index is 2.07. The van der Waals surface area contributed by atoms with Gasteiger partial charge in [0.05, 0.1) is 0 Å². The van der Waals surface area contributed by atoms with Crippen molar-refractivity contribution in [1.29, 1.82) is 0 Å². The first-order chi connectivity index (χ1) is 12.0. The quantitative estimate of drug-likeness (QED) is 0.414. The van der Waals surface area contributed by atoms with Gasteiger partial charge in [-0.1, -0.05) is 66.2 Å². The maximum absolute atomic E-state index is 6.17. The monoisotopic (exact) mass is 390 g/mol. The van der Waals surface area contributed by atoms with Gasteiger partial charge in [0.15, 0.2) is 0 Å². The van der Waals surface area contributed by atoms with Gasteiger partial charge >= 0.3 is 0 Å². The SMILES string of the molecule is CC1=CCOc2c1c1c(c3ccccc23)-c2cccc(Br)c2C1(C)C. The largest absolute Gasteiger partial charge is 0.488 e. The van der Waals surface area contributed by atoms with Crippen molar-refractivity contribution in [3.8, 4) is 16.9 Å². The summed E-state index contributed by atoms with van der Waals surface area (Å²) >= 11 is 3.81. The summed E-state index contributed by atoms with van der Waals surface area (Å²) in [7, 11) is 0. The van der Waals surface area contributed by atoms with Gasteiger partial charge in [-0.3, -0.25) is 0 Å². The smallest absolute Gasteiger partial charge is 0.135 e. The van der Waals surface area contributed by atoms with Gasteiger partial charge < -0.3 is 4.74 Å². The molecule has 1 heterocycles. The molecule has 0 radical (unpaired) electrons. The molecule has 0 amide bonds. The summed E-state index contributed by atoms with van der Waals surface area (Å²) in [4.78, 5) is 0. The lowest BCUT2D eigenvalue weighted by atomic mass is 9.77. The maximum atomic E-state index is 6.17. The van der Waals surface area contributed by atoms with Gasteiger partial charge in [-0.2, -0.15) is 0 Å². The van der Waals surface area contributed by atoms with E-state index in [-0.39, 0.29) is 5.41 Å². The molecule has 0 fully saturated rings. The van der Waals surface area contributed by atoms with Crippen LogP contribution in [0.25, 0.3) is 27.5 Å². The molecule has 0 N–H and O–H groups in total. The Morgan fingerprint density at radius 3 is 2.48 bits per heavy atom. The van der Waals surface area contributed by atoms with Crippen LogP contribution in [0.15, 0.2) is 53.0 Å². The topological polar surface area (TPSA) is 9.23 Å². The third kappa shape index (κ3) is 1.84. The Labute approximate surface area is 156 Å². The van der Waals surface area contributed by atoms with Gasteiger partial charge in [0.2, 0.25) is 0 Å². The molecule has 3 aromatic rings. The van der Waals surface area contributed by atoms with E-state index in [9.17, 15) is 0 Å². The van der Waals surface area contributed by atoms with Crippen LogP contribution in [-0.2, 0) is 5.41 Å². The lowest BCUT2D eigenvalue weighted by molar-refractivity contribution is 0.360. The van der Waals surface area contributed by atoms with Gasteiger partial charge in [-0.25, -0.2) is 0 Å². The number of halogens is 1. The first kappa shape index (κ1) is 15.2. The number of rotatable bonds is 0. The van der Waals surface area contributed by atoms with Gasteiger partial charge in [0, 0.05) is 20.8 Å². The molecule has 0 saturated carbocycles. The lowest BCUT2D eigenvalue weighted by Crippen LogP contribution is -2.19. The third-order valence-corrected chi connectivity index (χ3v) is 6.37. The summed E-state index contributed by atoms with van der Waals surface area (Å²) in [5.74, 6) is 1.05. The molecular weight excluding hydrogens is 372 g/mol. The number of allylic oxidation sites excluding steroid dienone is 1. The molecule has 0 atom stereocenters. The van der Waals surface area contributed by atoms with Gasteiger partial charge in [-0.15, -0.1) is 0 Å². The fourth-order valence-electron chi connectivity index (χ4n) is 4.68. The van der Waals surface area contributed by atoms with Crippen LogP contribution in [0.2, 0.25) is 0 Å². The number of fused-ring (bicyclic) bond motifs is 8. The average molecular weight is 391 g/mol. The van der Waals surface area contributed by atoms with Gasteiger partial charge in [-0.05, 0) is 52.3 Å². The molecule has 1 nitrogen and oxygen atoms in total. The fraction of sp³-hybridized carbons (Fsp3) is 0.217. The van der Waals surface area contributed by atoms with E-state index < -0.39 is 0 Å². The van der Waals surface area contributed by atoms with Crippen molar-refractivity contribution in [2.75, 3.05) is 6.61 Å². The standard InChI is InChI=1S/C23H19BrO/c1-13-11-12-25-22-15-8-5-4-7-14(15)19-16-9-6-10-17(24)20(16)23(2,3)21(19)18(13)22/h4-11H,12H2,1-3H3. The maximum Gasteiger partial charge on any atom is 0.135 e. The highest BCUT2D eigenvalue weighted by Crippen LogP contribution is 2.58. The molecule has 2 aliphatic rings. The minimum atomic E-state index is -0.0747. The van der Waals surface area contributed by atoms with Crippen LogP contribution in [0.5, 0.6) is 5.75 Å². The van der Waals surface area contributed by atoms with Crippen molar-refractivity contribution in [3.05, 3.63) is 69.7 Å².